The Hall–Kier alpha value is -3.93. The molecule has 8 nitrogen and oxygen atoms in total. The van der Waals surface area contributed by atoms with Gasteiger partial charge in [0.05, 0.1) is 16.2 Å². The molecule has 0 unspecified atom stereocenters. The Labute approximate surface area is 205 Å². The van der Waals surface area contributed by atoms with Gasteiger partial charge in [-0.25, -0.2) is 18.1 Å². The fourth-order valence-electron chi connectivity index (χ4n) is 3.38. The summed E-state index contributed by atoms with van der Waals surface area (Å²) in [6.07, 6.45) is -4.55. The van der Waals surface area contributed by atoms with Gasteiger partial charge >= 0.3 is 6.18 Å². The molecular weight excluding hydrogens is 495 g/mol. The molecule has 0 saturated heterocycles. The van der Waals surface area contributed by atoms with E-state index in [-0.39, 0.29) is 16.5 Å². The number of sulfonamides is 1. The van der Waals surface area contributed by atoms with Crippen molar-refractivity contribution < 1.29 is 26.3 Å². The van der Waals surface area contributed by atoms with Gasteiger partial charge in [0, 0.05) is 17.4 Å². The zero-order chi connectivity index (χ0) is 26.3. The molecule has 0 spiro atoms. The average molecular weight is 518 g/mol. The van der Waals surface area contributed by atoms with E-state index in [2.05, 4.69) is 19.8 Å². The number of aryl methyl sites for hydroxylation is 2. The van der Waals surface area contributed by atoms with Crippen molar-refractivity contribution >= 4 is 15.7 Å². The maximum Gasteiger partial charge on any atom is 0.416 e. The molecule has 0 aliphatic heterocycles. The van der Waals surface area contributed by atoms with Crippen molar-refractivity contribution in [3.63, 3.8) is 0 Å². The van der Waals surface area contributed by atoms with Crippen LogP contribution in [0.1, 0.15) is 28.3 Å². The van der Waals surface area contributed by atoms with Gasteiger partial charge < -0.3 is 4.74 Å². The summed E-state index contributed by atoms with van der Waals surface area (Å²) in [6, 6.07) is 10.9. The number of rotatable bonds is 6. The first kappa shape index (κ1) is 25.2. The first-order chi connectivity index (χ1) is 16.8. The third kappa shape index (κ3) is 5.33. The van der Waals surface area contributed by atoms with E-state index >= 15 is 0 Å². The maximum atomic E-state index is 12.7. The summed E-state index contributed by atoms with van der Waals surface area (Å²) in [6.45, 7) is 7.57. The summed E-state index contributed by atoms with van der Waals surface area (Å²) in [7, 11) is -4.08. The van der Waals surface area contributed by atoms with E-state index < -0.39 is 21.8 Å². The Bertz CT molecular complexity index is 1510. The van der Waals surface area contributed by atoms with E-state index in [1.54, 1.807) is 17.7 Å². The molecule has 12 heteroatoms. The van der Waals surface area contributed by atoms with Crippen LogP contribution in [-0.2, 0) is 16.2 Å². The van der Waals surface area contributed by atoms with Crippen LogP contribution in [-0.4, -0.2) is 28.2 Å². The Morgan fingerprint density at radius 3 is 2.11 bits per heavy atom. The number of nitrogens with one attached hydrogen (secondary N) is 1. The zero-order valence-electron chi connectivity index (χ0n) is 19.8. The van der Waals surface area contributed by atoms with Crippen molar-refractivity contribution in [1.29, 1.82) is 0 Å². The second-order valence-electron chi connectivity index (χ2n) is 8.07. The summed E-state index contributed by atoms with van der Waals surface area (Å²) < 4.78 is 73.2. The lowest BCUT2D eigenvalue weighted by Gasteiger charge is -2.11. The van der Waals surface area contributed by atoms with Gasteiger partial charge in [-0.15, -0.1) is 0 Å². The average Bonchev–Trinajstić information content (AvgIpc) is 3.07. The SMILES string of the molecule is Cc1nc(Oc2ccc(NS(=O)(=O)c3ccc(C(F)(F)F)cc3)cc2)cc(-n2nc(C)c(C)c2C)n1. The molecule has 0 aliphatic rings. The Balaban J connectivity index is 1.50. The van der Waals surface area contributed by atoms with Crippen LogP contribution in [0.15, 0.2) is 59.5 Å². The molecule has 0 amide bonds. The topological polar surface area (TPSA) is 99.0 Å². The summed E-state index contributed by atoms with van der Waals surface area (Å²) in [5.74, 6) is 1.70. The van der Waals surface area contributed by atoms with Gasteiger partial charge in [-0.1, -0.05) is 0 Å². The van der Waals surface area contributed by atoms with Crippen molar-refractivity contribution in [1.82, 2.24) is 19.7 Å². The molecule has 0 fully saturated rings. The summed E-state index contributed by atoms with van der Waals surface area (Å²) >= 11 is 0. The fourth-order valence-corrected chi connectivity index (χ4v) is 4.44. The minimum atomic E-state index is -4.55. The Morgan fingerprint density at radius 2 is 1.56 bits per heavy atom. The van der Waals surface area contributed by atoms with Crippen LogP contribution in [0.4, 0.5) is 18.9 Å². The number of nitrogens with zero attached hydrogens (tertiary/aromatic N) is 4. The summed E-state index contributed by atoms with van der Waals surface area (Å²) in [5, 5.41) is 4.51. The molecule has 4 aromatic rings. The van der Waals surface area contributed by atoms with Crippen LogP contribution in [0, 0.1) is 27.7 Å². The molecule has 0 bridgehead atoms. The molecule has 36 heavy (non-hydrogen) atoms. The monoisotopic (exact) mass is 517 g/mol. The molecule has 0 saturated carbocycles. The normalized spacial score (nSPS) is 12.0. The zero-order valence-corrected chi connectivity index (χ0v) is 20.6. The molecule has 0 radical (unpaired) electrons. The number of ether oxygens (including phenoxy) is 1. The van der Waals surface area contributed by atoms with Gasteiger partial charge in [0.15, 0.2) is 5.82 Å². The first-order valence-corrected chi connectivity index (χ1v) is 12.2. The predicted octanol–water partition coefficient (Wildman–Crippen LogP) is 5.51. The van der Waals surface area contributed by atoms with Crippen LogP contribution in [0.25, 0.3) is 5.82 Å². The van der Waals surface area contributed by atoms with Crippen molar-refractivity contribution in [3.8, 4) is 17.4 Å². The van der Waals surface area contributed by atoms with Crippen LogP contribution in [0.3, 0.4) is 0 Å². The highest BCUT2D eigenvalue weighted by Crippen LogP contribution is 2.30. The van der Waals surface area contributed by atoms with Crippen molar-refractivity contribution in [3.05, 3.63) is 82.9 Å². The number of hydrogen-bond donors (Lipinski definition) is 1. The van der Waals surface area contributed by atoms with Crippen LogP contribution >= 0.6 is 0 Å². The van der Waals surface area contributed by atoms with Gasteiger partial charge in [-0.3, -0.25) is 4.72 Å². The molecule has 188 valence electrons. The minimum absolute atomic E-state index is 0.208. The van der Waals surface area contributed by atoms with Crippen molar-refractivity contribution in [2.45, 2.75) is 38.8 Å². The quantitative estimate of drug-likeness (QED) is 0.362. The number of hydrogen-bond acceptors (Lipinski definition) is 6. The highest BCUT2D eigenvalue weighted by atomic mass is 32.2. The first-order valence-electron chi connectivity index (χ1n) is 10.7. The maximum absolute atomic E-state index is 12.7. The fraction of sp³-hybridized carbons (Fsp3) is 0.208. The Kier molecular flexibility index (Phi) is 6.48. The third-order valence-corrected chi connectivity index (χ3v) is 6.89. The van der Waals surface area contributed by atoms with Crippen molar-refractivity contribution in [2.24, 2.45) is 0 Å². The van der Waals surface area contributed by atoms with Crippen LogP contribution < -0.4 is 9.46 Å². The second kappa shape index (κ2) is 9.26. The largest absolute Gasteiger partial charge is 0.439 e. The number of halogens is 3. The molecule has 2 aromatic heterocycles. The molecule has 0 atom stereocenters. The molecule has 2 aromatic carbocycles. The van der Waals surface area contributed by atoms with Gasteiger partial charge in [-0.05, 0) is 81.8 Å². The van der Waals surface area contributed by atoms with Gasteiger partial charge in [-0.2, -0.15) is 23.3 Å². The van der Waals surface area contributed by atoms with Crippen LogP contribution in [0.5, 0.6) is 11.6 Å². The summed E-state index contributed by atoms with van der Waals surface area (Å²) in [4.78, 5) is 8.43. The highest BCUT2D eigenvalue weighted by Gasteiger charge is 2.30. The number of alkyl halides is 3. The second-order valence-corrected chi connectivity index (χ2v) is 9.76. The van der Waals surface area contributed by atoms with E-state index in [0.717, 1.165) is 41.2 Å². The minimum Gasteiger partial charge on any atom is -0.439 e. The standard InChI is InChI=1S/C24H22F3N5O3S/c1-14-15(2)30-32(16(14)3)22-13-23(29-17(4)28-22)35-20-9-7-19(8-10-20)31-36(33,34)21-11-5-18(6-12-21)24(25,26)27/h5-13,31H,1-4H3. The molecule has 0 aliphatic carbocycles. The summed E-state index contributed by atoms with van der Waals surface area (Å²) in [5.41, 5.74) is 2.17. The number of benzene rings is 2. The molecule has 2 heterocycles. The number of aromatic nitrogens is 4. The molecular formula is C24H22F3N5O3S. The molecule has 1 N–H and O–H groups in total. The van der Waals surface area contributed by atoms with E-state index in [1.807, 2.05) is 20.8 Å². The van der Waals surface area contributed by atoms with Gasteiger partial charge in [0.25, 0.3) is 10.0 Å². The Morgan fingerprint density at radius 1 is 0.917 bits per heavy atom. The van der Waals surface area contributed by atoms with Crippen LogP contribution in [0.2, 0.25) is 0 Å². The van der Waals surface area contributed by atoms with E-state index in [9.17, 15) is 21.6 Å². The smallest absolute Gasteiger partial charge is 0.416 e. The third-order valence-electron chi connectivity index (χ3n) is 5.49. The van der Waals surface area contributed by atoms with Crippen molar-refractivity contribution in [2.75, 3.05) is 4.72 Å². The lowest BCUT2D eigenvalue weighted by molar-refractivity contribution is -0.137. The highest BCUT2D eigenvalue weighted by molar-refractivity contribution is 7.92. The van der Waals surface area contributed by atoms with E-state index in [1.165, 1.54) is 24.3 Å². The number of anilines is 1. The molecule has 4 rings (SSSR count). The predicted molar refractivity (Wildman–Crippen MR) is 127 cm³/mol. The lowest BCUT2D eigenvalue weighted by Crippen LogP contribution is -2.13. The van der Waals surface area contributed by atoms with Gasteiger partial charge in [0.2, 0.25) is 5.88 Å². The lowest BCUT2D eigenvalue weighted by atomic mass is 10.2. The van der Waals surface area contributed by atoms with Gasteiger partial charge in [0.1, 0.15) is 11.6 Å². The van der Waals surface area contributed by atoms with E-state index in [0.29, 0.717) is 17.4 Å². The van der Waals surface area contributed by atoms with E-state index in [4.69, 9.17) is 4.74 Å².